The van der Waals surface area contributed by atoms with Gasteiger partial charge in [0.05, 0.1) is 12.8 Å². The molecule has 0 heterocycles. The summed E-state index contributed by atoms with van der Waals surface area (Å²) in [5.74, 6) is -0.0334. The van der Waals surface area contributed by atoms with Crippen molar-refractivity contribution in [1.82, 2.24) is 5.32 Å². The normalized spacial score (nSPS) is 31.2. The molecule has 0 radical (unpaired) electrons. The van der Waals surface area contributed by atoms with E-state index in [0.717, 1.165) is 19.3 Å². The van der Waals surface area contributed by atoms with Gasteiger partial charge < -0.3 is 10.4 Å². The molecule has 3 nitrogen and oxygen atoms in total. The Bertz CT molecular complexity index is 321. The SMILES string of the molecule is C[C@@H]1C[C@H](C)C[C@@](CNCCC(F)(F)F)(CC(=O)O)C1. The minimum Gasteiger partial charge on any atom is -0.481 e. The second-order valence-corrected chi connectivity index (χ2v) is 6.47. The van der Waals surface area contributed by atoms with Crippen LogP contribution in [-0.2, 0) is 4.79 Å². The first-order valence-electron chi connectivity index (χ1n) is 7.11. The van der Waals surface area contributed by atoms with Gasteiger partial charge in [-0.25, -0.2) is 0 Å². The fourth-order valence-electron chi connectivity index (χ4n) is 3.67. The van der Waals surface area contributed by atoms with E-state index in [0.29, 0.717) is 18.4 Å². The monoisotopic (exact) mass is 295 g/mol. The molecular formula is C14H24F3NO2. The first-order valence-corrected chi connectivity index (χ1v) is 7.11. The van der Waals surface area contributed by atoms with E-state index in [-0.39, 0.29) is 13.0 Å². The Labute approximate surface area is 117 Å². The van der Waals surface area contributed by atoms with Gasteiger partial charge in [0.25, 0.3) is 0 Å². The number of carboxylic acids is 1. The Morgan fingerprint density at radius 1 is 1.30 bits per heavy atom. The van der Waals surface area contributed by atoms with Gasteiger partial charge in [0.2, 0.25) is 0 Å². The molecule has 2 N–H and O–H groups in total. The lowest BCUT2D eigenvalue weighted by Crippen LogP contribution is -2.42. The molecule has 1 aliphatic rings. The van der Waals surface area contributed by atoms with E-state index in [1.807, 2.05) is 0 Å². The van der Waals surface area contributed by atoms with Gasteiger partial charge in [-0.05, 0) is 36.5 Å². The first kappa shape index (κ1) is 17.3. The van der Waals surface area contributed by atoms with Crippen LogP contribution in [-0.4, -0.2) is 30.3 Å². The highest BCUT2D eigenvalue weighted by atomic mass is 19.4. The van der Waals surface area contributed by atoms with Crippen molar-refractivity contribution in [1.29, 1.82) is 0 Å². The number of alkyl halides is 3. The number of carbonyl (C=O) groups is 1. The minimum atomic E-state index is -4.17. The topological polar surface area (TPSA) is 49.3 Å². The van der Waals surface area contributed by atoms with Crippen LogP contribution in [0.25, 0.3) is 0 Å². The first-order chi connectivity index (χ1) is 9.12. The van der Waals surface area contributed by atoms with Gasteiger partial charge in [-0.15, -0.1) is 0 Å². The zero-order valence-corrected chi connectivity index (χ0v) is 12.1. The van der Waals surface area contributed by atoms with Crippen LogP contribution in [0.15, 0.2) is 0 Å². The number of halogens is 3. The fraction of sp³-hybridized carbons (Fsp3) is 0.929. The lowest BCUT2D eigenvalue weighted by atomic mass is 9.64. The Hall–Kier alpha value is -0.780. The molecular weight excluding hydrogens is 271 g/mol. The lowest BCUT2D eigenvalue weighted by molar-refractivity contribution is -0.141. The van der Waals surface area contributed by atoms with E-state index in [1.165, 1.54) is 0 Å². The number of hydrogen-bond donors (Lipinski definition) is 2. The van der Waals surface area contributed by atoms with Crippen LogP contribution < -0.4 is 5.32 Å². The van der Waals surface area contributed by atoms with Gasteiger partial charge in [0.1, 0.15) is 0 Å². The molecule has 1 rings (SSSR count). The maximum atomic E-state index is 12.1. The van der Waals surface area contributed by atoms with Gasteiger partial charge >= 0.3 is 12.1 Å². The highest BCUT2D eigenvalue weighted by Crippen LogP contribution is 2.44. The van der Waals surface area contributed by atoms with Crippen LogP contribution >= 0.6 is 0 Å². The average Bonchev–Trinajstić information content (AvgIpc) is 2.20. The molecule has 3 atom stereocenters. The van der Waals surface area contributed by atoms with Gasteiger partial charge in [-0.3, -0.25) is 4.79 Å². The third-order valence-electron chi connectivity index (χ3n) is 3.98. The predicted octanol–water partition coefficient (Wildman–Crippen LogP) is 3.45. The summed E-state index contributed by atoms with van der Waals surface area (Å²) in [5, 5.41) is 11.9. The molecule has 1 aliphatic carbocycles. The van der Waals surface area contributed by atoms with Crippen molar-refractivity contribution < 1.29 is 23.1 Å². The van der Waals surface area contributed by atoms with E-state index < -0.39 is 24.0 Å². The van der Waals surface area contributed by atoms with Crippen LogP contribution in [0.2, 0.25) is 0 Å². The molecule has 0 aliphatic heterocycles. The molecule has 0 unspecified atom stereocenters. The molecule has 118 valence electrons. The zero-order chi connectivity index (χ0) is 15.4. The highest BCUT2D eigenvalue weighted by molar-refractivity contribution is 5.67. The number of nitrogens with one attached hydrogen (secondary N) is 1. The van der Waals surface area contributed by atoms with Crippen molar-refractivity contribution in [2.75, 3.05) is 13.1 Å². The lowest BCUT2D eigenvalue weighted by Gasteiger charge is -2.42. The summed E-state index contributed by atoms with van der Waals surface area (Å²) in [5.41, 5.74) is -0.408. The Morgan fingerprint density at radius 2 is 1.85 bits per heavy atom. The summed E-state index contributed by atoms with van der Waals surface area (Å²) in [6, 6.07) is 0. The molecule has 1 fully saturated rings. The third-order valence-corrected chi connectivity index (χ3v) is 3.98. The van der Waals surface area contributed by atoms with E-state index in [9.17, 15) is 18.0 Å². The molecule has 0 aromatic rings. The molecule has 0 bridgehead atoms. The van der Waals surface area contributed by atoms with Crippen molar-refractivity contribution in [2.24, 2.45) is 17.3 Å². The summed E-state index contributed by atoms with van der Waals surface area (Å²) in [6.45, 7) is 4.38. The van der Waals surface area contributed by atoms with Gasteiger partial charge in [-0.1, -0.05) is 13.8 Å². The van der Waals surface area contributed by atoms with Gasteiger partial charge in [0.15, 0.2) is 0 Å². The molecule has 0 aromatic carbocycles. The summed E-state index contributed by atoms with van der Waals surface area (Å²) >= 11 is 0. The number of aliphatic carboxylic acids is 1. The second kappa shape index (κ2) is 6.78. The van der Waals surface area contributed by atoms with Crippen molar-refractivity contribution in [3.8, 4) is 0 Å². The highest BCUT2D eigenvalue weighted by Gasteiger charge is 2.39. The zero-order valence-electron chi connectivity index (χ0n) is 12.1. The fourth-order valence-corrected chi connectivity index (χ4v) is 3.67. The molecule has 0 spiro atoms. The molecule has 0 aromatic heterocycles. The third kappa shape index (κ3) is 6.11. The predicted molar refractivity (Wildman–Crippen MR) is 70.4 cm³/mol. The second-order valence-electron chi connectivity index (χ2n) is 6.47. The average molecular weight is 295 g/mol. The summed E-state index contributed by atoms with van der Waals surface area (Å²) in [6.07, 6.45) is -2.42. The Kier molecular flexibility index (Phi) is 5.86. The standard InChI is InChI=1S/C14H24F3NO2/c1-10-5-11(2)7-13(6-10,8-12(19)20)9-18-4-3-14(15,16)17/h10-11,18H,3-9H2,1-2H3,(H,19,20)/t10-,11+,13-. The van der Waals surface area contributed by atoms with Gasteiger partial charge in [0, 0.05) is 13.1 Å². The van der Waals surface area contributed by atoms with Crippen molar-refractivity contribution in [3.05, 3.63) is 0 Å². The molecule has 20 heavy (non-hydrogen) atoms. The Balaban J connectivity index is 2.57. The van der Waals surface area contributed by atoms with Crippen molar-refractivity contribution in [2.45, 2.75) is 52.1 Å². The van der Waals surface area contributed by atoms with Crippen LogP contribution in [0.4, 0.5) is 13.2 Å². The quantitative estimate of drug-likeness (QED) is 0.738. The summed E-state index contributed by atoms with van der Waals surface area (Å²) in [4.78, 5) is 11.1. The molecule has 1 saturated carbocycles. The van der Waals surface area contributed by atoms with Crippen molar-refractivity contribution >= 4 is 5.97 Å². The van der Waals surface area contributed by atoms with Crippen LogP contribution in [0.1, 0.15) is 46.0 Å². The Morgan fingerprint density at radius 3 is 2.30 bits per heavy atom. The summed E-state index contributed by atoms with van der Waals surface area (Å²) in [7, 11) is 0. The largest absolute Gasteiger partial charge is 0.481 e. The van der Waals surface area contributed by atoms with E-state index in [4.69, 9.17) is 5.11 Å². The molecule has 0 saturated heterocycles. The van der Waals surface area contributed by atoms with E-state index in [2.05, 4.69) is 19.2 Å². The number of carboxylic acid groups (broad SMARTS) is 1. The maximum Gasteiger partial charge on any atom is 0.390 e. The van der Waals surface area contributed by atoms with E-state index in [1.54, 1.807) is 0 Å². The number of rotatable bonds is 6. The minimum absolute atomic E-state index is 0.0285. The molecule has 0 amide bonds. The smallest absolute Gasteiger partial charge is 0.390 e. The molecule has 6 heteroatoms. The van der Waals surface area contributed by atoms with Crippen LogP contribution in [0, 0.1) is 17.3 Å². The van der Waals surface area contributed by atoms with E-state index >= 15 is 0 Å². The summed E-state index contributed by atoms with van der Waals surface area (Å²) < 4.78 is 36.4. The van der Waals surface area contributed by atoms with Crippen LogP contribution in [0.5, 0.6) is 0 Å². The van der Waals surface area contributed by atoms with Crippen LogP contribution in [0.3, 0.4) is 0 Å². The number of hydrogen-bond acceptors (Lipinski definition) is 2. The van der Waals surface area contributed by atoms with Crippen molar-refractivity contribution in [3.63, 3.8) is 0 Å². The van der Waals surface area contributed by atoms with Gasteiger partial charge in [-0.2, -0.15) is 13.2 Å². The maximum absolute atomic E-state index is 12.1.